The molecule has 0 saturated carbocycles. The van der Waals surface area contributed by atoms with Gasteiger partial charge in [0.1, 0.15) is 10.1 Å². The number of unbranched alkanes of at least 4 members (excludes halogenated alkanes) is 2. The van der Waals surface area contributed by atoms with E-state index in [1.54, 1.807) is 18.2 Å². The van der Waals surface area contributed by atoms with Gasteiger partial charge in [0.2, 0.25) is 5.91 Å². The van der Waals surface area contributed by atoms with Crippen LogP contribution in [0.25, 0.3) is 6.08 Å². The van der Waals surface area contributed by atoms with E-state index < -0.39 is 4.92 Å². The van der Waals surface area contributed by atoms with Gasteiger partial charge in [-0.05, 0) is 49.2 Å². The molecule has 0 radical (unpaired) electrons. The minimum atomic E-state index is -0.499. The van der Waals surface area contributed by atoms with Crippen molar-refractivity contribution in [3.05, 3.63) is 68.1 Å². The fraction of sp³-hybridized carbons (Fsp3) is 0.227. The van der Waals surface area contributed by atoms with Crippen LogP contribution in [0, 0.1) is 10.1 Å². The van der Waals surface area contributed by atoms with Crippen molar-refractivity contribution >= 4 is 69.2 Å². The second-order valence-corrected chi connectivity index (χ2v) is 9.31. The Morgan fingerprint density at radius 1 is 1.21 bits per heavy atom. The van der Waals surface area contributed by atoms with Gasteiger partial charge < -0.3 is 10.4 Å². The number of rotatable bonds is 9. The molecule has 33 heavy (non-hydrogen) atoms. The van der Waals surface area contributed by atoms with E-state index in [2.05, 4.69) is 5.32 Å². The number of carbonyl (C=O) groups excluding carboxylic acids is 2. The summed E-state index contributed by atoms with van der Waals surface area (Å²) >= 11 is 12.4. The van der Waals surface area contributed by atoms with E-state index in [4.69, 9.17) is 23.8 Å². The van der Waals surface area contributed by atoms with Crippen LogP contribution in [0.5, 0.6) is 5.75 Å². The molecule has 8 nitrogen and oxygen atoms in total. The molecular formula is C22H20ClN3O5S2. The topological polar surface area (TPSA) is 113 Å². The number of nitrogens with one attached hydrogen (secondary N) is 1. The van der Waals surface area contributed by atoms with E-state index in [0.717, 1.165) is 6.42 Å². The molecule has 0 bridgehead atoms. The number of carbonyl (C=O) groups is 2. The lowest BCUT2D eigenvalue weighted by atomic mass is 10.1. The van der Waals surface area contributed by atoms with E-state index in [9.17, 15) is 24.8 Å². The average Bonchev–Trinajstić information content (AvgIpc) is 3.03. The van der Waals surface area contributed by atoms with Crippen LogP contribution in [-0.2, 0) is 9.59 Å². The second kappa shape index (κ2) is 11.3. The molecular weight excluding hydrogens is 486 g/mol. The number of phenols is 1. The highest BCUT2D eigenvalue weighted by atomic mass is 35.5. The third kappa shape index (κ3) is 6.77. The number of nitro groups is 1. The highest BCUT2D eigenvalue weighted by Gasteiger charge is 2.31. The summed E-state index contributed by atoms with van der Waals surface area (Å²) in [6, 6.07) is 10.2. The molecule has 172 valence electrons. The van der Waals surface area contributed by atoms with Crippen LogP contribution in [0.3, 0.4) is 0 Å². The molecule has 3 rings (SSSR count). The van der Waals surface area contributed by atoms with Crippen molar-refractivity contribution in [2.75, 3.05) is 11.9 Å². The molecule has 0 aromatic heterocycles. The van der Waals surface area contributed by atoms with Crippen LogP contribution >= 0.6 is 35.6 Å². The van der Waals surface area contributed by atoms with Gasteiger partial charge in [-0.2, -0.15) is 0 Å². The first-order valence-corrected chi connectivity index (χ1v) is 11.6. The lowest BCUT2D eigenvalue weighted by Gasteiger charge is -2.14. The van der Waals surface area contributed by atoms with E-state index in [1.165, 1.54) is 47.0 Å². The maximum Gasteiger partial charge on any atom is 0.269 e. The summed E-state index contributed by atoms with van der Waals surface area (Å²) in [4.78, 5) is 36.8. The summed E-state index contributed by atoms with van der Waals surface area (Å²) in [5.41, 5.74) is 0.908. The van der Waals surface area contributed by atoms with Gasteiger partial charge in [-0.15, -0.1) is 0 Å². The van der Waals surface area contributed by atoms with Crippen LogP contribution < -0.4 is 5.32 Å². The lowest BCUT2D eigenvalue weighted by Crippen LogP contribution is -2.29. The van der Waals surface area contributed by atoms with Crippen molar-refractivity contribution in [2.24, 2.45) is 0 Å². The number of hydrogen-bond acceptors (Lipinski definition) is 7. The predicted octanol–water partition coefficient (Wildman–Crippen LogP) is 5.35. The van der Waals surface area contributed by atoms with Gasteiger partial charge in [-0.1, -0.05) is 42.0 Å². The van der Waals surface area contributed by atoms with Crippen LogP contribution in [0.1, 0.15) is 31.2 Å². The first kappa shape index (κ1) is 24.7. The largest absolute Gasteiger partial charge is 0.507 e. The number of thioether (sulfide) groups is 1. The van der Waals surface area contributed by atoms with Gasteiger partial charge in [0.15, 0.2) is 0 Å². The number of nitro benzene ring substituents is 1. The average molecular weight is 506 g/mol. The Hall–Kier alpha value is -2.95. The van der Waals surface area contributed by atoms with Gasteiger partial charge in [-0.3, -0.25) is 24.6 Å². The number of amides is 2. The number of phenolic OH excluding ortho intramolecular Hbond substituents is 1. The molecule has 0 spiro atoms. The SMILES string of the molecule is O=C(CCCCCN1C(=O)/C(=C/c2cc(Cl)ccc2O)SC1=S)Nc1ccc([N+](=O)[O-])cc1. The number of halogens is 1. The van der Waals surface area contributed by atoms with Crippen molar-refractivity contribution in [3.8, 4) is 5.75 Å². The van der Waals surface area contributed by atoms with E-state index >= 15 is 0 Å². The molecule has 2 aromatic rings. The Kier molecular flexibility index (Phi) is 8.43. The Balaban J connectivity index is 1.43. The Labute approximate surface area is 204 Å². The highest BCUT2D eigenvalue weighted by molar-refractivity contribution is 8.26. The summed E-state index contributed by atoms with van der Waals surface area (Å²) in [6.45, 7) is 0.438. The van der Waals surface area contributed by atoms with E-state index in [1.807, 2.05) is 0 Å². The van der Waals surface area contributed by atoms with Gasteiger partial charge in [-0.25, -0.2) is 0 Å². The quantitative estimate of drug-likeness (QED) is 0.155. The highest BCUT2D eigenvalue weighted by Crippen LogP contribution is 2.35. The molecule has 0 aliphatic carbocycles. The normalized spacial score (nSPS) is 14.7. The number of anilines is 1. The summed E-state index contributed by atoms with van der Waals surface area (Å²) in [7, 11) is 0. The second-order valence-electron chi connectivity index (χ2n) is 7.20. The van der Waals surface area contributed by atoms with Crippen molar-refractivity contribution in [1.29, 1.82) is 0 Å². The number of thiocarbonyl (C=S) groups is 1. The molecule has 2 N–H and O–H groups in total. The molecule has 0 atom stereocenters. The molecule has 1 saturated heterocycles. The fourth-order valence-corrected chi connectivity index (χ4v) is 4.58. The molecule has 2 amide bonds. The zero-order valence-electron chi connectivity index (χ0n) is 17.3. The monoisotopic (exact) mass is 505 g/mol. The molecule has 0 unspecified atom stereocenters. The van der Waals surface area contributed by atoms with Gasteiger partial charge >= 0.3 is 0 Å². The Morgan fingerprint density at radius 2 is 1.94 bits per heavy atom. The Bertz CT molecular complexity index is 1120. The molecule has 1 fully saturated rings. The third-order valence-electron chi connectivity index (χ3n) is 4.80. The smallest absolute Gasteiger partial charge is 0.269 e. The van der Waals surface area contributed by atoms with E-state index in [0.29, 0.717) is 51.3 Å². The maximum absolute atomic E-state index is 12.7. The van der Waals surface area contributed by atoms with E-state index in [-0.39, 0.29) is 23.3 Å². The Morgan fingerprint density at radius 3 is 2.64 bits per heavy atom. The number of nitrogens with zero attached hydrogens (tertiary/aromatic N) is 2. The zero-order chi connectivity index (χ0) is 24.0. The molecule has 1 heterocycles. The van der Waals surface area contributed by atoms with Crippen LogP contribution in [-0.4, -0.2) is 37.6 Å². The number of non-ortho nitro benzene ring substituents is 1. The minimum absolute atomic E-state index is 0.0247. The summed E-state index contributed by atoms with van der Waals surface area (Å²) in [6.07, 6.45) is 3.89. The summed E-state index contributed by atoms with van der Waals surface area (Å²) < 4.78 is 0.448. The predicted molar refractivity (Wildman–Crippen MR) is 133 cm³/mol. The fourth-order valence-electron chi connectivity index (χ4n) is 3.10. The molecule has 2 aromatic carbocycles. The van der Waals surface area contributed by atoms with Crippen molar-refractivity contribution in [1.82, 2.24) is 4.90 Å². The van der Waals surface area contributed by atoms with Gasteiger partial charge in [0, 0.05) is 41.4 Å². The molecule has 11 heteroatoms. The number of hydrogen-bond donors (Lipinski definition) is 2. The third-order valence-corrected chi connectivity index (χ3v) is 6.41. The summed E-state index contributed by atoms with van der Waals surface area (Å²) in [5, 5.41) is 23.8. The van der Waals surface area contributed by atoms with Crippen molar-refractivity contribution in [3.63, 3.8) is 0 Å². The first-order valence-electron chi connectivity index (χ1n) is 10.0. The molecule has 1 aliphatic heterocycles. The number of benzene rings is 2. The van der Waals surface area contributed by atoms with Crippen LogP contribution in [0.4, 0.5) is 11.4 Å². The lowest BCUT2D eigenvalue weighted by molar-refractivity contribution is -0.384. The zero-order valence-corrected chi connectivity index (χ0v) is 19.7. The van der Waals surface area contributed by atoms with Gasteiger partial charge in [0.05, 0.1) is 9.83 Å². The first-order chi connectivity index (χ1) is 15.7. The van der Waals surface area contributed by atoms with Crippen LogP contribution in [0.15, 0.2) is 47.4 Å². The molecule has 1 aliphatic rings. The number of aromatic hydroxyl groups is 1. The van der Waals surface area contributed by atoms with Crippen molar-refractivity contribution in [2.45, 2.75) is 25.7 Å². The maximum atomic E-state index is 12.7. The van der Waals surface area contributed by atoms with Crippen molar-refractivity contribution < 1.29 is 19.6 Å². The standard InChI is InChI=1S/C22H20ClN3O5S2/c23-15-5-10-18(27)14(12-15)13-19-21(29)25(22(32)33-19)11-3-1-2-4-20(28)24-16-6-8-17(9-7-16)26(30)31/h5-10,12-13,27H,1-4,11H2,(H,24,28)/b19-13-. The summed E-state index contributed by atoms with van der Waals surface area (Å²) in [5.74, 6) is -0.379. The minimum Gasteiger partial charge on any atom is -0.507 e. The van der Waals surface area contributed by atoms with Gasteiger partial charge in [0.25, 0.3) is 11.6 Å². The van der Waals surface area contributed by atoms with Crippen LogP contribution in [0.2, 0.25) is 5.02 Å².